The lowest BCUT2D eigenvalue weighted by atomic mass is 10.1. The van der Waals surface area contributed by atoms with Crippen molar-refractivity contribution in [3.05, 3.63) is 21.4 Å². The van der Waals surface area contributed by atoms with Crippen molar-refractivity contribution >= 4 is 39.1 Å². The SMILES string of the molecule is CCOC(=O)C1CCc2c1sc1nc(C)nc(Cl)c21. The van der Waals surface area contributed by atoms with E-state index in [9.17, 15) is 4.79 Å². The van der Waals surface area contributed by atoms with Crippen molar-refractivity contribution in [1.29, 1.82) is 0 Å². The van der Waals surface area contributed by atoms with Gasteiger partial charge in [0.2, 0.25) is 0 Å². The fourth-order valence-corrected chi connectivity index (χ4v) is 4.32. The number of ether oxygens (including phenoxy) is 1. The van der Waals surface area contributed by atoms with Gasteiger partial charge in [0.1, 0.15) is 15.8 Å². The van der Waals surface area contributed by atoms with Crippen molar-refractivity contribution in [3.63, 3.8) is 0 Å². The summed E-state index contributed by atoms with van der Waals surface area (Å²) in [7, 11) is 0. The van der Waals surface area contributed by atoms with Crippen LogP contribution in [0.15, 0.2) is 0 Å². The number of hydrogen-bond acceptors (Lipinski definition) is 5. The van der Waals surface area contributed by atoms with E-state index in [-0.39, 0.29) is 11.9 Å². The first-order valence-electron chi connectivity index (χ1n) is 6.23. The maximum absolute atomic E-state index is 12.0. The smallest absolute Gasteiger partial charge is 0.314 e. The van der Waals surface area contributed by atoms with Crippen LogP contribution in [0.3, 0.4) is 0 Å². The molecule has 3 rings (SSSR count). The molecule has 0 aliphatic heterocycles. The first-order chi connectivity index (χ1) is 9.11. The van der Waals surface area contributed by atoms with E-state index in [1.807, 2.05) is 13.8 Å². The third-order valence-corrected chi connectivity index (χ3v) is 4.83. The number of aryl methyl sites for hydroxylation is 2. The number of thiophene rings is 1. The van der Waals surface area contributed by atoms with Gasteiger partial charge >= 0.3 is 5.97 Å². The molecule has 0 radical (unpaired) electrons. The summed E-state index contributed by atoms with van der Waals surface area (Å²) < 4.78 is 5.13. The number of esters is 1. The predicted molar refractivity (Wildman–Crippen MR) is 74.9 cm³/mol. The Labute approximate surface area is 119 Å². The predicted octanol–water partition coefficient (Wildman–Crippen LogP) is 3.25. The number of nitrogens with zero attached hydrogens (tertiary/aromatic N) is 2. The summed E-state index contributed by atoms with van der Waals surface area (Å²) in [4.78, 5) is 22.5. The van der Waals surface area contributed by atoms with Gasteiger partial charge in [-0.15, -0.1) is 11.3 Å². The van der Waals surface area contributed by atoms with Crippen LogP contribution in [0.2, 0.25) is 5.15 Å². The summed E-state index contributed by atoms with van der Waals surface area (Å²) >= 11 is 7.76. The van der Waals surface area contributed by atoms with Crippen molar-refractivity contribution in [2.24, 2.45) is 0 Å². The van der Waals surface area contributed by atoms with Gasteiger partial charge in [0.05, 0.1) is 17.9 Å². The second-order valence-electron chi connectivity index (χ2n) is 4.53. The highest BCUT2D eigenvalue weighted by Gasteiger charge is 2.34. The Kier molecular flexibility index (Phi) is 3.19. The van der Waals surface area contributed by atoms with E-state index in [1.165, 1.54) is 0 Å². The van der Waals surface area contributed by atoms with E-state index in [0.29, 0.717) is 17.6 Å². The zero-order valence-electron chi connectivity index (χ0n) is 10.7. The number of fused-ring (bicyclic) bond motifs is 3. The summed E-state index contributed by atoms with van der Waals surface area (Å²) in [5.41, 5.74) is 1.13. The summed E-state index contributed by atoms with van der Waals surface area (Å²) in [5, 5.41) is 1.41. The standard InChI is InChI=1S/C13H13ClN2O2S/c1-3-18-13(17)8-5-4-7-9-11(14)15-6(2)16-12(9)19-10(7)8/h8H,3-5H2,1-2H3. The molecule has 0 amide bonds. The topological polar surface area (TPSA) is 52.1 Å². The molecule has 4 nitrogen and oxygen atoms in total. The molecular weight excluding hydrogens is 284 g/mol. The van der Waals surface area contributed by atoms with E-state index < -0.39 is 0 Å². The van der Waals surface area contributed by atoms with Gasteiger partial charge in [-0.1, -0.05) is 11.6 Å². The zero-order valence-corrected chi connectivity index (χ0v) is 12.3. The van der Waals surface area contributed by atoms with Gasteiger partial charge in [-0.25, -0.2) is 9.97 Å². The third kappa shape index (κ3) is 2.01. The summed E-state index contributed by atoms with van der Waals surface area (Å²) in [5.74, 6) is 0.351. The highest BCUT2D eigenvalue weighted by atomic mass is 35.5. The van der Waals surface area contributed by atoms with Gasteiger partial charge < -0.3 is 4.74 Å². The highest BCUT2D eigenvalue weighted by molar-refractivity contribution is 7.19. The third-order valence-electron chi connectivity index (χ3n) is 3.32. The molecule has 1 atom stereocenters. The molecule has 2 heterocycles. The molecule has 1 aliphatic carbocycles. The lowest BCUT2D eigenvalue weighted by Gasteiger charge is -2.07. The molecule has 0 saturated carbocycles. The number of carbonyl (C=O) groups excluding carboxylic acids is 1. The lowest BCUT2D eigenvalue weighted by Crippen LogP contribution is -2.12. The average molecular weight is 297 g/mol. The van der Waals surface area contributed by atoms with Crippen LogP contribution in [0.1, 0.15) is 35.5 Å². The van der Waals surface area contributed by atoms with Gasteiger partial charge in [0.25, 0.3) is 0 Å². The molecule has 0 spiro atoms. The van der Waals surface area contributed by atoms with E-state index in [0.717, 1.165) is 33.5 Å². The van der Waals surface area contributed by atoms with E-state index in [1.54, 1.807) is 11.3 Å². The Bertz CT molecular complexity index is 668. The van der Waals surface area contributed by atoms with Crippen LogP contribution in [-0.2, 0) is 16.0 Å². The van der Waals surface area contributed by atoms with Gasteiger partial charge in [-0.2, -0.15) is 0 Å². The van der Waals surface area contributed by atoms with Crippen LogP contribution in [-0.4, -0.2) is 22.5 Å². The van der Waals surface area contributed by atoms with Gasteiger partial charge in [0, 0.05) is 4.88 Å². The minimum absolute atomic E-state index is 0.145. The van der Waals surface area contributed by atoms with Crippen molar-refractivity contribution in [1.82, 2.24) is 9.97 Å². The van der Waals surface area contributed by atoms with Crippen LogP contribution in [0.25, 0.3) is 10.2 Å². The van der Waals surface area contributed by atoms with Gasteiger partial charge in [0.15, 0.2) is 0 Å². The number of carbonyl (C=O) groups is 1. The molecule has 0 fully saturated rings. The van der Waals surface area contributed by atoms with Crippen molar-refractivity contribution in [2.45, 2.75) is 32.6 Å². The fraction of sp³-hybridized carbons (Fsp3) is 0.462. The number of aromatic nitrogens is 2. The second-order valence-corrected chi connectivity index (χ2v) is 5.92. The zero-order chi connectivity index (χ0) is 13.6. The summed E-state index contributed by atoms with van der Waals surface area (Å²) in [6, 6.07) is 0. The van der Waals surface area contributed by atoms with Crippen LogP contribution >= 0.6 is 22.9 Å². The minimum Gasteiger partial charge on any atom is -0.465 e. The molecule has 100 valence electrons. The Balaban J connectivity index is 2.12. The van der Waals surface area contributed by atoms with E-state index in [2.05, 4.69) is 9.97 Å². The molecular formula is C13H13ClN2O2S. The normalized spacial score (nSPS) is 17.7. The average Bonchev–Trinajstić information content (AvgIpc) is 2.86. The molecule has 2 aromatic rings. The van der Waals surface area contributed by atoms with Crippen molar-refractivity contribution in [2.75, 3.05) is 6.61 Å². The van der Waals surface area contributed by atoms with Crippen molar-refractivity contribution < 1.29 is 9.53 Å². The number of halogens is 1. The molecule has 6 heteroatoms. The van der Waals surface area contributed by atoms with Gasteiger partial charge in [-0.05, 0) is 32.3 Å². The maximum Gasteiger partial charge on any atom is 0.314 e. The van der Waals surface area contributed by atoms with Gasteiger partial charge in [-0.3, -0.25) is 4.79 Å². The second kappa shape index (κ2) is 4.72. The molecule has 0 saturated heterocycles. The summed E-state index contributed by atoms with van der Waals surface area (Å²) in [6.45, 7) is 4.05. The lowest BCUT2D eigenvalue weighted by molar-refractivity contribution is -0.144. The first-order valence-corrected chi connectivity index (χ1v) is 7.43. The molecule has 0 aromatic carbocycles. The monoisotopic (exact) mass is 296 g/mol. The largest absolute Gasteiger partial charge is 0.465 e. The number of hydrogen-bond donors (Lipinski definition) is 0. The van der Waals surface area contributed by atoms with Crippen LogP contribution < -0.4 is 0 Å². The first kappa shape index (κ1) is 12.8. The molecule has 2 aromatic heterocycles. The Morgan fingerprint density at radius 3 is 3.05 bits per heavy atom. The minimum atomic E-state index is -0.162. The molecule has 0 N–H and O–H groups in total. The molecule has 1 aliphatic rings. The summed E-state index contributed by atoms with van der Waals surface area (Å²) in [6.07, 6.45) is 1.63. The van der Waals surface area contributed by atoms with Crippen LogP contribution in [0.5, 0.6) is 0 Å². The Hall–Kier alpha value is -1.20. The van der Waals surface area contributed by atoms with Crippen LogP contribution in [0.4, 0.5) is 0 Å². The quantitative estimate of drug-likeness (QED) is 0.630. The van der Waals surface area contributed by atoms with E-state index >= 15 is 0 Å². The van der Waals surface area contributed by atoms with Crippen molar-refractivity contribution in [3.8, 4) is 0 Å². The molecule has 19 heavy (non-hydrogen) atoms. The molecule has 0 bridgehead atoms. The fourth-order valence-electron chi connectivity index (χ4n) is 2.55. The Morgan fingerprint density at radius 2 is 2.32 bits per heavy atom. The Morgan fingerprint density at radius 1 is 1.53 bits per heavy atom. The molecule has 1 unspecified atom stereocenters. The highest BCUT2D eigenvalue weighted by Crippen LogP contribution is 2.45. The van der Waals surface area contributed by atoms with Crippen LogP contribution in [0, 0.1) is 6.92 Å². The van der Waals surface area contributed by atoms with E-state index in [4.69, 9.17) is 16.3 Å². The number of rotatable bonds is 2. The maximum atomic E-state index is 12.0.